The maximum Gasteiger partial charge on any atom is 0.336 e. The van der Waals surface area contributed by atoms with Crippen molar-refractivity contribution in [1.82, 2.24) is 10.9 Å². The largest absolute Gasteiger partial charge is 0.478 e. The highest BCUT2D eigenvalue weighted by Gasteiger charge is 2.16. The lowest BCUT2D eigenvalue weighted by Gasteiger charge is -2.09. The Morgan fingerprint density at radius 3 is 2.04 bits per heavy atom. The summed E-state index contributed by atoms with van der Waals surface area (Å²) in [5.74, 6) is -2.62. The summed E-state index contributed by atoms with van der Waals surface area (Å²) in [5.41, 5.74) is 4.26. The summed E-state index contributed by atoms with van der Waals surface area (Å²) in [7, 11) is 0. The Labute approximate surface area is 141 Å². The first-order valence-corrected chi connectivity index (χ1v) is 7.04. The number of hydrazine groups is 1. The van der Waals surface area contributed by atoms with Crippen molar-refractivity contribution in [2.45, 2.75) is 0 Å². The number of amides is 2. The van der Waals surface area contributed by atoms with Gasteiger partial charge >= 0.3 is 5.97 Å². The summed E-state index contributed by atoms with van der Waals surface area (Å²) >= 11 is 11.6. The maximum atomic E-state index is 12.0. The van der Waals surface area contributed by atoms with Gasteiger partial charge in [0.1, 0.15) is 0 Å². The molecule has 0 aromatic heterocycles. The highest BCUT2D eigenvalue weighted by Crippen LogP contribution is 2.22. The molecular formula is C15H10Cl2N2O4. The zero-order valence-corrected chi connectivity index (χ0v) is 13.0. The molecule has 118 valence electrons. The first kappa shape index (κ1) is 16.8. The molecule has 2 amide bonds. The first-order valence-electron chi connectivity index (χ1n) is 6.28. The van der Waals surface area contributed by atoms with E-state index in [1.54, 1.807) is 0 Å². The van der Waals surface area contributed by atoms with Crippen LogP contribution in [0.5, 0.6) is 0 Å². The van der Waals surface area contributed by atoms with E-state index >= 15 is 0 Å². The van der Waals surface area contributed by atoms with Crippen LogP contribution < -0.4 is 10.9 Å². The number of carboxylic acids is 1. The molecule has 0 spiro atoms. The van der Waals surface area contributed by atoms with Crippen LogP contribution in [0.15, 0.2) is 42.5 Å². The maximum absolute atomic E-state index is 12.0. The lowest BCUT2D eigenvalue weighted by Crippen LogP contribution is -2.42. The van der Waals surface area contributed by atoms with Crippen molar-refractivity contribution in [2.24, 2.45) is 0 Å². The van der Waals surface area contributed by atoms with Gasteiger partial charge in [0.15, 0.2) is 0 Å². The van der Waals surface area contributed by atoms with Crippen LogP contribution in [0.4, 0.5) is 0 Å². The van der Waals surface area contributed by atoms with E-state index in [0.717, 1.165) is 0 Å². The molecule has 8 heteroatoms. The number of carbonyl (C=O) groups excluding carboxylic acids is 2. The van der Waals surface area contributed by atoms with Gasteiger partial charge in [-0.3, -0.25) is 20.4 Å². The normalized spacial score (nSPS) is 10.0. The Hall–Kier alpha value is -2.57. The highest BCUT2D eigenvalue weighted by molar-refractivity contribution is 6.42. The van der Waals surface area contributed by atoms with E-state index in [4.69, 9.17) is 28.3 Å². The van der Waals surface area contributed by atoms with Gasteiger partial charge in [0.05, 0.1) is 21.2 Å². The van der Waals surface area contributed by atoms with Crippen molar-refractivity contribution in [3.63, 3.8) is 0 Å². The third-order valence-electron chi connectivity index (χ3n) is 2.87. The monoisotopic (exact) mass is 352 g/mol. The third-order valence-corrected chi connectivity index (χ3v) is 3.61. The molecule has 0 heterocycles. The van der Waals surface area contributed by atoms with E-state index in [1.165, 1.54) is 42.5 Å². The molecule has 0 aliphatic rings. The van der Waals surface area contributed by atoms with E-state index in [-0.39, 0.29) is 21.7 Å². The Morgan fingerprint density at radius 1 is 0.826 bits per heavy atom. The molecule has 0 fully saturated rings. The number of carboxylic acid groups (broad SMARTS) is 1. The Morgan fingerprint density at radius 2 is 1.43 bits per heavy atom. The van der Waals surface area contributed by atoms with Crippen molar-refractivity contribution >= 4 is 41.0 Å². The van der Waals surface area contributed by atoms with Crippen LogP contribution in [0, 0.1) is 0 Å². The molecule has 0 unspecified atom stereocenters. The molecule has 0 aliphatic carbocycles. The van der Waals surface area contributed by atoms with Crippen LogP contribution in [0.2, 0.25) is 10.0 Å². The summed E-state index contributed by atoms with van der Waals surface area (Å²) in [6.07, 6.45) is 0. The standard InChI is InChI=1S/C15H10Cl2N2O4/c16-11-6-5-8(7-12(11)17)13(20)18-19-14(21)9-3-1-2-4-10(9)15(22)23/h1-7H,(H,18,20)(H,19,21)(H,22,23). The van der Waals surface area contributed by atoms with Crippen LogP contribution in [0.3, 0.4) is 0 Å². The van der Waals surface area contributed by atoms with Gasteiger partial charge in [0.25, 0.3) is 11.8 Å². The van der Waals surface area contributed by atoms with E-state index in [2.05, 4.69) is 10.9 Å². The summed E-state index contributed by atoms with van der Waals surface area (Å²) in [4.78, 5) is 35.0. The number of rotatable bonds is 3. The zero-order chi connectivity index (χ0) is 17.0. The average Bonchev–Trinajstić information content (AvgIpc) is 2.54. The minimum absolute atomic E-state index is 0.0746. The molecule has 2 rings (SSSR count). The molecule has 2 aromatic rings. The predicted octanol–water partition coefficient (Wildman–Crippen LogP) is 2.77. The van der Waals surface area contributed by atoms with Crippen LogP contribution in [0.1, 0.15) is 31.1 Å². The second kappa shape index (κ2) is 7.13. The molecule has 0 bridgehead atoms. The molecule has 6 nitrogen and oxygen atoms in total. The predicted molar refractivity (Wildman–Crippen MR) is 84.8 cm³/mol. The Balaban J connectivity index is 2.08. The molecule has 0 atom stereocenters. The smallest absolute Gasteiger partial charge is 0.336 e. The van der Waals surface area contributed by atoms with Crippen LogP contribution in [-0.2, 0) is 0 Å². The number of aromatic carboxylic acids is 1. The van der Waals surface area contributed by atoms with Crippen molar-refractivity contribution in [3.05, 3.63) is 69.2 Å². The minimum atomic E-state index is -1.24. The van der Waals surface area contributed by atoms with Crippen LogP contribution in [0.25, 0.3) is 0 Å². The number of hydrogen-bond acceptors (Lipinski definition) is 3. The number of benzene rings is 2. The second-order valence-electron chi connectivity index (χ2n) is 4.39. The molecule has 0 radical (unpaired) electrons. The summed E-state index contributed by atoms with van der Waals surface area (Å²) in [6.45, 7) is 0. The molecule has 23 heavy (non-hydrogen) atoms. The van der Waals surface area contributed by atoms with Gasteiger partial charge in [0.2, 0.25) is 0 Å². The number of hydrogen-bond donors (Lipinski definition) is 3. The molecule has 3 N–H and O–H groups in total. The Bertz CT molecular complexity index is 793. The van der Waals surface area contributed by atoms with Crippen molar-refractivity contribution < 1.29 is 19.5 Å². The fourth-order valence-electron chi connectivity index (χ4n) is 1.76. The average molecular weight is 353 g/mol. The fourth-order valence-corrected chi connectivity index (χ4v) is 2.06. The van der Waals surface area contributed by atoms with Gasteiger partial charge in [-0.2, -0.15) is 0 Å². The lowest BCUT2D eigenvalue weighted by molar-refractivity contribution is 0.0690. The summed E-state index contributed by atoms with van der Waals surface area (Å²) < 4.78 is 0. The van der Waals surface area contributed by atoms with Gasteiger partial charge in [-0.05, 0) is 30.3 Å². The topological polar surface area (TPSA) is 95.5 Å². The molecule has 0 saturated heterocycles. The molecular weight excluding hydrogens is 343 g/mol. The number of carbonyl (C=O) groups is 3. The Kier molecular flexibility index (Phi) is 5.20. The van der Waals surface area contributed by atoms with Crippen LogP contribution in [-0.4, -0.2) is 22.9 Å². The van der Waals surface area contributed by atoms with Gasteiger partial charge in [0, 0.05) is 5.56 Å². The molecule has 2 aromatic carbocycles. The second-order valence-corrected chi connectivity index (χ2v) is 5.20. The van der Waals surface area contributed by atoms with E-state index in [1.807, 2.05) is 0 Å². The third kappa shape index (κ3) is 4.00. The van der Waals surface area contributed by atoms with Gasteiger partial charge in [-0.15, -0.1) is 0 Å². The van der Waals surface area contributed by atoms with E-state index in [9.17, 15) is 14.4 Å². The van der Waals surface area contributed by atoms with Gasteiger partial charge < -0.3 is 5.11 Å². The lowest BCUT2D eigenvalue weighted by atomic mass is 10.1. The van der Waals surface area contributed by atoms with Crippen molar-refractivity contribution in [1.29, 1.82) is 0 Å². The van der Waals surface area contributed by atoms with Crippen molar-refractivity contribution in [2.75, 3.05) is 0 Å². The number of halogens is 2. The quantitative estimate of drug-likeness (QED) is 0.740. The fraction of sp³-hybridized carbons (Fsp3) is 0. The first-order chi connectivity index (χ1) is 10.9. The molecule has 0 saturated carbocycles. The highest BCUT2D eigenvalue weighted by atomic mass is 35.5. The number of nitrogens with one attached hydrogen (secondary N) is 2. The molecule has 0 aliphatic heterocycles. The van der Waals surface area contributed by atoms with Gasteiger partial charge in [-0.25, -0.2) is 4.79 Å². The van der Waals surface area contributed by atoms with Crippen molar-refractivity contribution in [3.8, 4) is 0 Å². The van der Waals surface area contributed by atoms with E-state index in [0.29, 0.717) is 5.02 Å². The summed E-state index contributed by atoms with van der Waals surface area (Å²) in [5, 5.41) is 9.52. The minimum Gasteiger partial charge on any atom is -0.478 e. The van der Waals surface area contributed by atoms with Gasteiger partial charge in [-0.1, -0.05) is 35.3 Å². The summed E-state index contributed by atoms with van der Waals surface area (Å²) in [6, 6.07) is 9.86. The zero-order valence-electron chi connectivity index (χ0n) is 11.5. The van der Waals surface area contributed by atoms with E-state index < -0.39 is 17.8 Å². The SMILES string of the molecule is O=C(NNC(=O)c1ccccc1C(=O)O)c1ccc(Cl)c(Cl)c1. The van der Waals surface area contributed by atoms with Crippen LogP contribution >= 0.6 is 23.2 Å².